The van der Waals surface area contributed by atoms with Crippen LogP contribution >= 0.6 is 0 Å². The van der Waals surface area contributed by atoms with Crippen molar-refractivity contribution in [3.05, 3.63) is 47.6 Å². The Morgan fingerprint density at radius 2 is 2.00 bits per heavy atom. The van der Waals surface area contributed by atoms with Crippen LogP contribution in [0.5, 0.6) is 0 Å². The Hall–Kier alpha value is -1.92. The topological polar surface area (TPSA) is 30.7 Å². The highest BCUT2D eigenvalue weighted by Crippen LogP contribution is 2.28. The standard InChI is InChI=1S/C11H9F4N3/c1-7-4-9(12)17-5-8(7)6-18-3-2-16-10(18)11(13,14)15/h2-5H,6H2,1H3. The minimum Gasteiger partial charge on any atom is -0.323 e. The van der Waals surface area contributed by atoms with Gasteiger partial charge in [0, 0.05) is 18.6 Å². The maximum atomic E-state index is 12.8. The Kier molecular flexibility index (Phi) is 3.06. The molecule has 3 nitrogen and oxygen atoms in total. The van der Waals surface area contributed by atoms with E-state index in [9.17, 15) is 17.6 Å². The molecule has 0 saturated carbocycles. The van der Waals surface area contributed by atoms with Crippen LogP contribution < -0.4 is 0 Å². The van der Waals surface area contributed by atoms with Crippen molar-refractivity contribution < 1.29 is 17.6 Å². The molecule has 2 heterocycles. The van der Waals surface area contributed by atoms with E-state index in [0.717, 1.165) is 10.8 Å². The van der Waals surface area contributed by atoms with Crippen molar-refractivity contribution in [1.82, 2.24) is 14.5 Å². The smallest absolute Gasteiger partial charge is 0.323 e. The fourth-order valence-corrected chi connectivity index (χ4v) is 1.59. The third-order valence-electron chi connectivity index (χ3n) is 2.50. The second-order valence-electron chi connectivity index (χ2n) is 3.81. The zero-order chi connectivity index (χ0) is 13.3. The molecule has 0 aliphatic rings. The fraction of sp³-hybridized carbons (Fsp3) is 0.273. The number of pyridine rings is 1. The number of halogens is 4. The van der Waals surface area contributed by atoms with Gasteiger partial charge in [-0.25, -0.2) is 9.97 Å². The molecular formula is C11H9F4N3. The zero-order valence-electron chi connectivity index (χ0n) is 9.37. The van der Waals surface area contributed by atoms with Crippen molar-refractivity contribution in [3.63, 3.8) is 0 Å². The first-order valence-electron chi connectivity index (χ1n) is 5.07. The first-order chi connectivity index (χ1) is 8.38. The quantitative estimate of drug-likeness (QED) is 0.613. The molecule has 0 bridgehead atoms. The van der Waals surface area contributed by atoms with E-state index < -0.39 is 17.9 Å². The lowest BCUT2D eigenvalue weighted by Crippen LogP contribution is -2.15. The van der Waals surface area contributed by atoms with Gasteiger partial charge in [-0.1, -0.05) is 0 Å². The molecule has 2 aromatic heterocycles. The summed E-state index contributed by atoms with van der Waals surface area (Å²) in [4.78, 5) is 6.71. The Balaban J connectivity index is 2.32. The Bertz CT molecular complexity index is 560. The molecule has 0 spiro atoms. The molecule has 2 rings (SSSR count). The number of aryl methyl sites for hydroxylation is 1. The van der Waals surface area contributed by atoms with Crippen LogP contribution in [0, 0.1) is 12.9 Å². The van der Waals surface area contributed by atoms with Gasteiger partial charge in [0.1, 0.15) is 0 Å². The first-order valence-corrected chi connectivity index (χ1v) is 5.07. The molecule has 0 unspecified atom stereocenters. The van der Waals surface area contributed by atoms with E-state index in [-0.39, 0.29) is 6.54 Å². The molecule has 0 aliphatic carbocycles. The third-order valence-corrected chi connectivity index (χ3v) is 2.50. The van der Waals surface area contributed by atoms with Gasteiger partial charge >= 0.3 is 6.18 Å². The lowest BCUT2D eigenvalue weighted by Gasteiger charge is -2.11. The highest BCUT2D eigenvalue weighted by molar-refractivity contribution is 5.23. The first kappa shape index (κ1) is 12.5. The molecule has 0 fully saturated rings. The normalized spacial score (nSPS) is 11.8. The molecule has 18 heavy (non-hydrogen) atoms. The largest absolute Gasteiger partial charge is 0.449 e. The molecule has 96 valence electrons. The average Bonchev–Trinajstić information content (AvgIpc) is 2.70. The molecular weight excluding hydrogens is 250 g/mol. The molecule has 0 amide bonds. The van der Waals surface area contributed by atoms with Gasteiger partial charge in [0.05, 0.1) is 6.54 Å². The van der Waals surface area contributed by atoms with Gasteiger partial charge in [-0.2, -0.15) is 17.6 Å². The monoisotopic (exact) mass is 259 g/mol. The van der Waals surface area contributed by atoms with Crippen molar-refractivity contribution in [3.8, 4) is 0 Å². The summed E-state index contributed by atoms with van der Waals surface area (Å²) in [5, 5.41) is 0. The van der Waals surface area contributed by atoms with E-state index in [1.54, 1.807) is 6.92 Å². The second-order valence-corrected chi connectivity index (χ2v) is 3.81. The highest BCUT2D eigenvalue weighted by Gasteiger charge is 2.36. The second kappa shape index (κ2) is 4.40. The maximum Gasteiger partial charge on any atom is 0.449 e. The van der Waals surface area contributed by atoms with E-state index in [0.29, 0.717) is 11.1 Å². The molecule has 0 aliphatic heterocycles. The summed E-state index contributed by atoms with van der Waals surface area (Å²) in [6.45, 7) is 1.57. The van der Waals surface area contributed by atoms with Crippen molar-refractivity contribution in [2.24, 2.45) is 0 Å². The lowest BCUT2D eigenvalue weighted by atomic mass is 10.1. The molecule has 0 atom stereocenters. The molecule has 0 N–H and O–H groups in total. The molecule has 2 aromatic rings. The summed E-state index contributed by atoms with van der Waals surface area (Å²) in [6, 6.07) is 1.18. The van der Waals surface area contributed by atoms with Crippen LogP contribution in [0.4, 0.5) is 17.6 Å². The molecule has 7 heteroatoms. The van der Waals surface area contributed by atoms with Gasteiger partial charge in [0.15, 0.2) is 0 Å². The number of imidazole rings is 1. The number of alkyl halides is 3. The van der Waals surface area contributed by atoms with Crippen molar-refractivity contribution >= 4 is 0 Å². The average molecular weight is 259 g/mol. The zero-order valence-corrected chi connectivity index (χ0v) is 9.37. The lowest BCUT2D eigenvalue weighted by molar-refractivity contribution is -0.147. The van der Waals surface area contributed by atoms with E-state index in [4.69, 9.17) is 0 Å². The number of hydrogen-bond acceptors (Lipinski definition) is 2. The van der Waals surface area contributed by atoms with E-state index in [1.165, 1.54) is 18.5 Å². The number of hydrogen-bond donors (Lipinski definition) is 0. The van der Waals surface area contributed by atoms with Crippen LogP contribution in [-0.4, -0.2) is 14.5 Å². The van der Waals surface area contributed by atoms with Crippen LogP contribution in [0.15, 0.2) is 24.7 Å². The summed E-state index contributed by atoms with van der Waals surface area (Å²) < 4.78 is 51.5. The van der Waals surface area contributed by atoms with Crippen LogP contribution in [-0.2, 0) is 12.7 Å². The SMILES string of the molecule is Cc1cc(F)ncc1Cn1ccnc1C(F)(F)F. The van der Waals surface area contributed by atoms with Crippen molar-refractivity contribution in [1.29, 1.82) is 0 Å². The van der Waals surface area contributed by atoms with Crippen molar-refractivity contribution in [2.75, 3.05) is 0 Å². The third kappa shape index (κ3) is 2.49. The van der Waals surface area contributed by atoms with Crippen molar-refractivity contribution in [2.45, 2.75) is 19.6 Å². The summed E-state index contributed by atoms with van der Waals surface area (Å²) in [5.41, 5.74) is 1.06. The van der Waals surface area contributed by atoms with E-state index >= 15 is 0 Å². The van der Waals surface area contributed by atoms with Gasteiger partial charge in [-0.05, 0) is 24.1 Å². The Labute approximate surface area is 100 Å². The van der Waals surface area contributed by atoms with Crippen LogP contribution in [0.25, 0.3) is 0 Å². The summed E-state index contributed by atoms with van der Waals surface area (Å²) in [5.74, 6) is -1.64. The van der Waals surface area contributed by atoms with Gasteiger partial charge in [-0.3, -0.25) is 0 Å². The van der Waals surface area contributed by atoms with Crippen LogP contribution in [0.2, 0.25) is 0 Å². The maximum absolute atomic E-state index is 12.8. The Morgan fingerprint density at radius 1 is 1.28 bits per heavy atom. The van der Waals surface area contributed by atoms with E-state index in [1.807, 2.05) is 0 Å². The van der Waals surface area contributed by atoms with Gasteiger partial charge in [0.2, 0.25) is 11.8 Å². The van der Waals surface area contributed by atoms with Crippen LogP contribution in [0.3, 0.4) is 0 Å². The minimum atomic E-state index is -4.51. The van der Waals surface area contributed by atoms with Gasteiger partial charge in [0.25, 0.3) is 0 Å². The van der Waals surface area contributed by atoms with E-state index in [2.05, 4.69) is 9.97 Å². The highest BCUT2D eigenvalue weighted by atomic mass is 19.4. The van der Waals surface area contributed by atoms with Gasteiger partial charge < -0.3 is 4.57 Å². The summed E-state index contributed by atoms with van der Waals surface area (Å²) in [6.07, 6.45) is -0.976. The summed E-state index contributed by atoms with van der Waals surface area (Å²) in [7, 11) is 0. The Morgan fingerprint density at radius 3 is 2.61 bits per heavy atom. The number of aromatic nitrogens is 3. The molecule has 0 aromatic carbocycles. The predicted molar refractivity (Wildman–Crippen MR) is 55.3 cm³/mol. The number of rotatable bonds is 2. The number of nitrogens with zero attached hydrogens (tertiary/aromatic N) is 3. The van der Waals surface area contributed by atoms with Crippen LogP contribution in [0.1, 0.15) is 17.0 Å². The molecule has 0 saturated heterocycles. The minimum absolute atomic E-state index is 0.0477. The fourth-order valence-electron chi connectivity index (χ4n) is 1.59. The van der Waals surface area contributed by atoms with Gasteiger partial charge in [-0.15, -0.1) is 0 Å². The molecule has 0 radical (unpaired) electrons. The summed E-state index contributed by atoms with van der Waals surface area (Å²) >= 11 is 0. The predicted octanol–water partition coefficient (Wildman–Crippen LogP) is 2.79.